The highest BCUT2D eigenvalue weighted by atomic mass is 32.1. The van der Waals surface area contributed by atoms with Crippen molar-refractivity contribution in [3.63, 3.8) is 0 Å². The Morgan fingerprint density at radius 2 is 1.67 bits per heavy atom. The lowest BCUT2D eigenvalue weighted by molar-refractivity contribution is -0.160. The van der Waals surface area contributed by atoms with Gasteiger partial charge in [0.25, 0.3) is 11.7 Å². The molecule has 5 bridgehead atoms. The van der Waals surface area contributed by atoms with E-state index in [0.29, 0.717) is 4.80 Å². The van der Waals surface area contributed by atoms with Gasteiger partial charge >= 0.3 is 11.8 Å². The van der Waals surface area contributed by atoms with Gasteiger partial charge in [-0.15, -0.1) is 5.10 Å². The number of rotatable bonds is 4. The van der Waals surface area contributed by atoms with Crippen LogP contribution in [0.25, 0.3) is 21.0 Å². The Hall–Kier alpha value is -6.01. The van der Waals surface area contributed by atoms with Gasteiger partial charge in [0.15, 0.2) is 5.75 Å². The van der Waals surface area contributed by atoms with Crippen LogP contribution < -0.4 is 14.9 Å². The highest BCUT2D eigenvalue weighted by molar-refractivity contribution is 7.16. The molecule has 3 aliphatic heterocycles. The zero-order chi connectivity index (χ0) is 46.2. The number of thiazole rings is 1. The number of nitrogens with one attached hydrogen (secondary N) is 1. The number of aliphatic hydroxyl groups excluding tert-OH is 2. The second-order valence-corrected chi connectivity index (χ2v) is 17.4. The minimum absolute atomic E-state index is 0.0280. The maximum absolute atomic E-state index is 14.5. The van der Waals surface area contributed by atoms with E-state index in [4.69, 9.17) is 18.9 Å². The predicted octanol–water partition coefficient (Wildman–Crippen LogP) is 6.24. The first-order valence-electron chi connectivity index (χ1n) is 20.4. The number of para-hydroxylation sites is 1. The van der Waals surface area contributed by atoms with E-state index in [-0.39, 0.29) is 44.5 Å². The molecule has 7 rings (SSSR count). The number of benzene rings is 3. The molecule has 63 heavy (non-hydrogen) atoms. The molecule has 0 unspecified atom stereocenters. The molecular weight excluding hydrogens is 833 g/mol. The number of aliphatic hydroxyl groups is 2. The van der Waals surface area contributed by atoms with E-state index in [0.717, 1.165) is 16.4 Å². The maximum atomic E-state index is 14.5. The third kappa shape index (κ3) is 8.70. The summed E-state index contributed by atoms with van der Waals surface area (Å²) in [4.78, 5) is 41.2. The Kier molecular flexibility index (Phi) is 13.6. The van der Waals surface area contributed by atoms with Gasteiger partial charge in [-0.2, -0.15) is 5.10 Å². The first-order chi connectivity index (χ1) is 29.7. The van der Waals surface area contributed by atoms with Crippen molar-refractivity contribution >= 4 is 61.9 Å². The van der Waals surface area contributed by atoms with E-state index in [1.165, 1.54) is 64.6 Å². The van der Waals surface area contributed by atoms with Crippen molar-refractivity contribution < 1.29 is 58.9 Å². The third-order valence-corrected chi connectivity index (χ3v) is 13.2. The number of allylic oxidation sites excluding steroid dienone is 2. The van der Waals surface area contributed by atoms with Crippen LogP contribution >= 0.6 is 11.3 Å². The van der Waals surface area contributed by atoms with Crippen LogP contribution in [0.1, 0.15) is 70.0 Å². The van der Waals surface area contributed by atoms with Gasteiger partial charge in [0, 0.05) is 68.2 Å². The summed E-state index contributed by atoms with van der Waals surface area (Å²) < 4.78 is 26.4. The SMILES string of the molecule is CO[C@H]1/C=C/O[C@@]2(C)Oc3c(C)c(O)c4c(O)c(c(/C=N/N=c5\sc6ccccc6n5C)c(O)c4c3C2=O)NC(=O)/C(C)=C\C=C\[C@H](C)[C@H](O)[C@@H](C)[C@@H](O)[C@@H](C)[C@H](OC(C)=O)[C@@H]1C. The molecule has 336 valence electrons. The van der Waals surface area contributed by atoms with E-state index in [1.807, 2.05) is 35.9 Å². The molecular formula is C46H54N4O12S. The number of aromatic nitrogens is 1. The summed E-state index contributed by atoms with van der Waals surface area (Å²) in [6.07, 6.45) is 4.55. The molecule has 0 saturated heterocycles. The molecule has 0 fully saturated rings. The van der Waals surface area contributed by atoms with Crippen molar-refractivity contribution in [1.29, 1.82) is 0 Å². The first kappa shape index (κ1) is 46.5. The number of methoxy groups -OCH3 is 1. The summed E-state index contributed by atoms with van der Waals surface area (Å²) in [6.45, 7) is 12.4. The largest absolute Gasteiger partial charge is 0.507 e. The van der Waals surface area contributed by atoms with Crippen molar-refractivity contribution in [3.05, 3.63) is 81.9 Å². The van der Waals surface area contributed by atoms with Gasteiger partial charge in [-0.3, -0.25) is 14.4 Å². The molecule has 3 aliphatic rings. The van der Waals surface area contributed by atoms with Crippen LogP contribution in [0.15, 0.2) is 70.6 Å². The number of Topliss-reactive ketones (excluding diaryl/α,β-unsaturated/α-hetero) is 1. The molecule has 0 saturated carbocycles. The lowest BCUT2D eigenvalue weighted by atomic mass is 9.78. The number of phenolic OH excluding ortho intramolecular Hbond substituents is 3. The van der Waals surface area contributed by atoms with Crippen LogP contribution in [-0.4, -0.2) is 91.3 Å². The van der Waals surface area contributed by atoms with E-state index in [1.54, 1.807) is 39.8 Å². The Morgan fingerprint density at radius 1 is 0.968 bits per heavy atom. The predicted molar refractivity (Wildman–Crippen MR) is 238 cm³/mol. The van der Waals surface area contributed by atoms with Crippen LogP contribution in [-0.2, 0) is 30.8 Å². The van der Waals surface area contributed by atoms with Gasteiger partial charge in [0.05, 0.1) is 63.2 Å². The Labute approximate surface area is 368 Å². The van der Waals surface area contributed by atoms with Gasteiger partial charge in [-0.1, -0.05) is 69.4 Å². The number of hydrogen-bond acceptors (Lipinski definition) is 15. The highest BCUT2D eigenvalue weighted by Crippen LogP contribution is 2.55. The van der Waals surface area contributed by atoms with Crippen LogP contribution in [0.4, 0.5) is 5.69 Å². The van der Waals surface area contributed by atoms with Gasteiger partial charge in [0.2, 0.25) is 4.80 Å². The zero-order valence-electron chi connectivity index (χ0n) is 36.7. The van der Waals surface area contributed by atoms with E-state index in [2.05, 4.69) is 15.5 Å². The Morgan fingerprint density at radius 3 is 2.33 bits per heavy atom. The number of fused-ring (bicyclic) bond motifs is 15. The van der Waals surface area contributed by atoms with E-state index >= 15 is 0 Å². The van der Waals surface area contributed by atoms with Gasteiger partial charge in [-0.25, -0.2) is 0 Å². The molecule has 9 atom stereocenters. The number of hydrogen-bond donors (Lipinski definition) is 6. The zero-order valence-corrected chi connectivity index (χ0v) is 37.6. The molecule has 1 amide bonds. The van der Waals surface area contributed by atoms with Crippen molar-refractivity contribution in [2.24, 2.45) is 40.9 Å². The molecule has 4 heterocycles. The molecule has 6 N–H and O–H groups in total. The molecule has 3 aromatic carbocycles. The fourth-order valence-electron chi connectivity index (χ4n) is 8.19. The number of ether oxygens (including phenoxy) is 4. The number of amides is 1. The molecule has 4 aromatic rings. The van der Waals surface area contributed by atoms with Crippen molar-refractivity contribution in [1.82, 2.24) is 4.57 Å². The molecule has 0 spiro atoms. The summed E-state index contributed by atoms with van der Waals surface area (Å²) in [7, 11) is 3.24. The molecule has 17 heteroatoms. The van der Waals surface area contributed by atoms with Crippen molar-refractivity contribution in [2.75, 3.05) is 12.4 Å². The molecule has 0 aliphatic carbocycles. The van der Waals surface area contributed by atoms with Crippen LogP contribution in [0, 0.1) is 30.6 Å². The lowest BCUT2D eigenvalue weighted by Gasteiger charge is -2.38. The van der Waals surface area contributed by atoms with Gasteiger partial charge in [0.1, 0.15) is 23.4 Å². The second kappa shape index (κ2) is 18.4. The fourth-order valence-corrected chi connectivity index (χ4v) is 9.16. The van der Waals surface area contributed by atoms with Crippen LogP contribution in [0.2, 0.25) is 0 Å². The van der Waals surface area contributed by atoms with Crippen molar-refractivity contribution in [3.8, 4) is 23.0 Å². The fraction of sp³-hybridized carbons (Fsp3) is 0.413. The summed E-state index contributed by atoms with van der Waals surface area (Å²) in [6, 6.07) is 7.64. The standard InChI is InChI=1S/C46H54N4O12S/c1-21-14-13-15-22(2)44(58)48-35-28(20-47-49-45-50(9)29-16-11-12-17-31(29)63-45)39(55)32-33(40(35)56)38(54)26(6)42-34(32)43(57)46(8,62-42)60-19-18-30(59-10)23(3)41(61-27(7)51)25(5)37(53)24(4)36(21)52/h11-21,23-25,30,36-37,41,52-56H,1-10H3,(H,48,58)/b14-13+,19-18+,22-15-,47-20+,49-45-/t21-,23+,24+,25+,30-,36-,37+,41+,46-/m0/s1. The number of aryl methyl sites for hydroxylation is 1. The Balaban J connectivity index is 1.55. The number of esters is 1. The number of nitrogens with zero attached hydrogens (tertiary/aromatic N) is 3. The number of ketones is 1. The molecule has 16 nitrogen and oxygen atoms in total. The third-order valence-electron chi connectivity index (χ3n) is 12.1. The summed E-state index contributed by atoms with van der Waals surface area (Å²) in [5, 5.41) is 69.3. The van der Waals surface area contributed by atoms with Gasteiger partial charge < -0.3 is 54.4 Å². The quantitative estimate of drug-likeness (QED) is 0.0440. The van der Waals surface area contributed by atoms with Crippen LogP contribution in [0.3, 0.4) is 0 Å². The molecule has 1 aromatic heterocycles. The minimum Gasteiger partial charge on any atom is -0.507 e. The summed E-state index contributed by atoms with van der Waals surface area (Å²) in [5.74, 6) is -8.73. The second-order valence-electron chi connectivity index (χ2n) is 16.4. The number of aromatic hydroxyl groups is 3. The topological polar surface area (TPSA) is 231 Å². The first-order valence-corrected chi connectivity index (χ1v) is 21.2. The highest BCUT2D eigenvalue weighted by Gasteiger charge is 2.50. The average Bonchev–Trinajstić information content (AvgIpc) is 3.71. The monoisotopic (exact) mass is 886 g/mol. The normalized spacial score (nSPS) is 29.4. The number of phenols is 3. The van der Waals surface area contributed by atoms with Crippen molar-refractivity contribution in [2.45, 2.75) is 85.6 Å². The van der Waals surface area contributed by atoms with E-state index in [9.17, 15) is 39.9 Å². The number of carbonyl (C=O) groups excluding carboxylic acids is 3. The maximum Gasteiger partial charge on any atom is 0.312 e. The van der Waals surface area contributed by atoms with Gasteiger partial charge in [-0.05, 0) is 32.1 Å². The molecule has 0 radical (unpaired) electrons. The lowest BCUT2D eigenvalue weighted by Crippen LogP contribution is -2.46. The summed E-state index contributed by atoms with van der Waals surface area (Å²) >= 11 is 1.36. The number of anilines is 1. The Bertz CT molecular complexity index is 2660. The average molecular weight is 887 g/mol. The minimum atomic E-state index is -2.08. The summed E-state index contributed by atoms with van der Waals surface area (Å²) in [5.41, 5.74) is 0.257. The number of carbonyl (C=O) groups is 3. The van der Waals surface area contributed by atoms with E-state index < -0.39 is 88.8 Å². The smallest absolute Gasteiger partial charge is 0.312 e. The van der Waals surface area contributed by atoms with Crippen LogP contribution in [0.5, 0.6) is 23.0 Å².